The molecule has 3 aromatic rings. The summed E-state index contributed by atoms with van der Waals surface area (Å²) < 4.78 is 7.66. The Hall–Kier alpha value is -3.14. The minimum Gasteiger partial charge on any atom is -0.496 e. The molecule has 32 heavy (non-hydrogen) atoms. The molecule has 0 bridgehead atoms. The van der Waals surface area contributed by atoms with Crippen LogP contribution in [0, 0.1) is 0 Å². The lowest BCUT2D eigenvalue weighted by Crippen LogP contribution is -2.38. The van der Waals surface area contributed by atoms with Crippen molar-refractivity contribution >= 4 is 28.7 Å². The monoisotopic (exact) mass is 457 g/mol. The highest BCUT2D eigenvalue weighted by atomic mass is 32.2. The SMILES string of the molecule is COc1ccccc1CNC(=O)CSc1nc(C(C)(C)C)nc2c1c(=O)n(C)c(=O)n2C. The van der Waals surface area contributed by atoms with Gasteiger partial charge in [-0.2, -0.15) is 0 Å². The highest BCUT2D eigenvalue weighted by Gasteiger charge is 2.24. The van der Waals surface area contributed by atoms with Crippen LogP contribution in [-0.2, 0) is 30.8 Å². The minimum absolute atomic E-state index is 0.0524. The Morgan fingerprint density at radius 2 is 1.81 bits per heavy atom. The highest BCUT2D eigenvalue weighted by molar-refractivity contribution is 8.00. The molecule has 0 aliphatic rings. The molecule has 1 aromatic carbocycles. The molecule has 0 atom stereocenters. The van der Waals surface area contributed by atoms with Crippen molar-refractivity contribution in [2.45, 2.75) is 37.8 Å². The number of carbonyl (C=O) groups excluding carboxylic acids is 1. The zero-order valence-corrected chi connectivity index (χ0v) is 19.9. The van der Waals surface area contributed by atoms with Crippen LogP contribution in [0.2, 0.25) is 0 Å². The number of para-hydroxylation sites is 1. The van der Waals surface area contributed by atoms with Crippen molar-refractivity contribution in [2.24, 2.45) is 14.1 Å². The number of fused-ring (bicyclic) bond motifs is 1. The average molecular weight is 458 g/mol. The molecule has 10 heteroatoms. The molecule has 170 valence electrons. The lowest BCUT2D eigenvalue weighted by atomic mass is 9.96. The maximum absolute atomic E-state index is 12.9. The summed E-state index contributed by atoms with van der Waals surface area (Å²) in [4.78, 5) is 46.9. The lowest BCUT2D eigenvalue weighted by molar-refractivity contribution is -0.118. The summed E-state index contributed by atoms with van der Waals surface area (Å²) >= 11 is 1.15. The Morgan fingerprint density at radius 3 is 2.47 bits per heavy atom. The van der Waals surface area contributed by atoms with E-state index in [9.17, 15) is 14.4 Å². The number of benzene rings is 1. The first-order valence-electron chi connectivity index (χ1n) is 10.0. The number of carbonyl (C=O) groups is 1. The van der Waals surface area contributed by atoms with Crippen molar-refractivity contribution in [3.8, 4) is 5.75 Å². The topological polar surface area (TPSA) is 108 Å². The first kappa shape index (κ1) is 23.5. The summed E-state index contributed by atoms with van der Waals surface area (Å²) in [6.45, 7) is 6.16. The van der Waals surface area contributed by atoms with E-state index in [1.165, 1.54) is 11.6 Å². The second kappa shape index (κ2) is 9.15. The van der Waals surface area contributed by atoms with Gasteiger partial charge >= 0.3 is 5.69 Å². The number of nitrogens with one attached hydrogen (secondary N) is 1. The van der Waals surface area contributed by atoms with E-state index in [1.807, 2.05) is 45.0 Å². The molecule has 0 saturated heterocycles. The van der Waals surface area contributed by atoms with E-state index in [2.05, 4.69) is 15.3 Å². The Labute approximate surface area is 189 Å². The summed E-state index contributed by atoms with van der Waals surface area (Å²) in [5, 5.41) is 3.47. The predicted octanol–water partition coefficient (Wildman–Crippen LogP) is 1.74. The Bertz CT molecular complexity index is 1290. The van der Waals surface area contributed by atoms with Crippen LogP contribution in [0.5, 0.6) is 5.75 Å². The Kier molecular flexibility index (Phi) is 6.73. The highest BCUT2D eigenvalue weighted by Crippen LogP contribution is 2.27. The van der Waals surface area contributed by atoms with Crippen molar-refractivity contribution < 1.29 is 9.53 Å². The van der Waals surface area contributed by atoms with Crippen LogP contribution in [-0.4, -0.2) is 37.9 Å². The molecule has 0 saturated carbocycles. The lowest BCUT2D eigenvalue weighted by Gasteiger charge is -2.19. The third-order valence-corrected chi connectivity index (χ3v) is 5.92. The first-order valence-corrected chi connectivity index (χ1v) is 11.0. The van der Waals surface area contributed by atoms with E-state index in [1.54, 1.807) is 14.2 Å². The number of rotatable bonds is 6. The molecule has 3 rings (SSSR count). The molecule has 2 aromatic heterocycles. The van der Waals surface area contributed by atoms with Gasteiger partial charge in [0.2, 0.25) is 5.91 Å². The number of hydrogen-bond acceptors (Lipinski definition) is 7. The maximum Gasteiger partial charge on any atom is 0.332 e. The van der Waals surface area contributed by atoms with Crippen molar-refractivity contribution in [3.63, 3.8) is 0 Å². The Balaban J connectivity index is 1.91. The fourth-order valence-corrected chi connectivity index (χ4v) is 3.94. The summed E-state index contributed by atoms with van der Waals surface area (Å²) in [6, 6.07) is 7.45. The van der Waals surface area contributed by atoms with Gasteiger partial charge in [-0.25, -0.2) is 14.8 Å². The molecular weight excluding hydrogens is 430 g/mol. The molecule has 0 radical (unpaired) electrons. The van der Waals surface area contributed by atoms with E-state index in [0.717, 1.165) is 21.9 Å². The maximum atomic E-state index is 12.9. The molecule has 0 unspecified atom stereocenters. The fourth-order valence-electron chi connectivity index (χ4n) is 3.10. The molecule has 0 spiro atoms. The van der Waals surface area contributed by atoms with Crippen LogP contribution < -0.4 is 21.3 Å². The molecule has 9 nitrogen and oxygen atoms in total. The van der Waals surface area contributed by atoms with Gasteiger partial charge in [0.25, 0.3) is 5.56 Å². The number of aromatic nitrogens is 4. The second-order valence-corrected chi connectivity index (χ2v) is 9.35. The van der Waals surface area contributed by atoms with Crippen LogP contribution in [0.3, 0.4) is 0 Å². The number of ether oxygens (including phenoxy) is 1. The van der Waals surface area contributed by atoms with Crippen LogP contribution in [0.25, 0.3) is 11.0 Å². The minimum atomic E-state index is -0.486. The van der Waals surface area contributed by atoms with Gasteiger partial charge in [-0.1, -0.05) is 50.7 Å². The molecule has 0 fully saturated rings. The molecule has 1 N–H and O–H groups in total. The number of nitrogens with zero attached hydrogens (tertiary/aromatic N) is 4. The van der Waals surface area contributed by atoms with Crippen LogP contribution in [0.4, 0.5) is 0 Å². The Morgan fingerprint density at radius 1 is 1.12 bits per heavy atom. The summed E-state index contributed by atoms with van der Waals surface area (Å²) in [5.74, 6) is 1.02. The van der Waals surface area contributed by atoms with Gasteiger partial charge in [-0.15, -0.1) is 0 Å². The van der Waals surface area contributed by atoms with E-state index in [4.69, 9.17) is 4.74 Å². The number of amides is 1. The average Bonchev–Trinajstić information content (AvgIpc) is 2.77. The summed E-state index contributed by atoms with van der Waals surface area (Å²) in [5.41, 5.74) is -0.242. The molecule has 0 aliphatic heterocycles. The number of aryl methyl sites for hydroxylation is 1. The summed E-state index contributed by atoms with van der Waals surface area (Å²) in [7, 11) is 4.56. The second-order valence-electron chi connectivity index (χ2n) is 8.38. The number of thioether (sulfide) groups is 1. The molecule has 2 heterocycles. The van der Waals surface area contributed by atoms with Gasteiger partial charge in [-0.3, -0.25) is 18.7 Å². The van der Waals surface area contributed by atoms with Gasteiger partial charge in [0.15, 0.2) is 5.65 Å². The van der Waals surface area contributed by atoms with Crippen molar-refractivity contribution in [3.05, 3.63) is 56.5 Å². The van der Waals surface area contributed by atoms with Gasteiger partial charge in [0.05, 0.1) is 12.9 Å². The quantitative estimate of drug-likeness (QED) is 0.444. The predicted molar refractivity (Wildman–Crippen MR) is 124 cm³/mol. The van der Waals surface area contributed by atoms with Crippen LogP contribution in [0.1, 0.15) is 32.2 Å². The molecular formula is C22H27N5O4S. The van der Waals surface area contributed by atoms with E-state index in [0.29, 0.717) is 23.1 Å². The summed E-state index contributed by atoms with van der Waals surface area (Å²) in [6.07, 6.45) is 0. The fraction of sp³-hybridized carbons (Fsp3) is 0.409. The normalized spacial score (nSPS) is 11.6. The van der Waals surface area contributed by atoms with E-state index < -0.39 is 16.7 Å². The largest absolute Gasteiger partial charge is 0.496 e. The molecule has 0 aliphatic carbocycles. The number of methoxy groups -OCH3 is 1. The standard InChI is InChI=1S/C22H27N5O4S/c1-22(2,3)20-24-17-16(19(29)27(5)21(30)26(17)4)18(25-20)32-12-15(28)23-11-13-9-7-8-10-14(13)31-6/h7-10H,11-12H2,1-6H3,(H,23,28). The van der Waals surface area contributed by atoms with Crippen LogP contribution in [0.15, 0.2) is 38.9 Å². The first-order chi connectivity index (χ1) is 15.0. The van der Waals surface area contributed by atoms with Gasteiger partial charge in [-0.05, 0) is 6.07 Å². The van der Waals surface area contributed by atoms with Gasteiger partial charge in [0.1, 0.15) is 22.0 Å². The zero-order valence-electron chi connectivity index (χ0n) is 19.1. The third kappa shape index (κ3) is 4.69. The van der Waals surface area contributed by atoms with Crippen molar-refractivity contribution in [1.82, 2.24) is 24.4 Å². The van der Waals surface area contributed by atoms with E-state index >= 15 is 0 Å². The van der Waals surface area contributed by atoms with Gasteiger partial charge < -0.3 is 10.1 Å². The van der Waals surface area contributed by atoms with Crippen molar-refractivity contribution in [1.29, 1.82) is 0 Å². The van der Waals surface area contributed by atoms with Gasteiger partial charge in [0, 0.05) is 31.6 Å². The third-order valence-electron chi connectivity index (χ3n) is 4.95. The van der Waals surface area contributed by atoms with Crippen molar-refractivity contribution in [2.75, 3.05) is 12.9 Å². The molecule has 1 amide bonds. The zero-order chi connectivity index (χ0) is 23.6. The number of hydrogen-bond donors (Lipinski definition) is 1. The smallest absolute Gasteiger partial charge is 0.332 e. The van der Waals surface area contributed by atoms with Crippen LogP contribution >= 0.6 is 11.8 Å². The van der Waals surface area contributed by atoms with E-state index in [-0.39, 0.29) is 22.7 Å².